The Labute approximate surface area is 127 Å². The summed E-state index contributed by atoms with van der Waals surface area (Å²) < 4.78 is 5.12. The van der Waals surface area contributed by atoms with Gasteiger partial charge in [-0.3, -0.25) is 0 Å². The molecule has 1 aromatic carbocycles. The zero-order valence-corrected chi connectivity index (χ0v) is 12.5. The smallest absolute Gasteiger partial charge is 0.335 e. The highest BCUT2D eigenvalue weighted by molar-refractivity contribution is 8.00. The maximum atomic E-state index is 11.9. The van der Waals surface area contributed by atoms with Crippen LogP contribution >= 0.6 is 11.8 Å². The average molecular weight is 310 g/mol. The van der Waals surface area contributed by atoms with E-state index in [0.29, 0.717) is 23.2 Å². The van der Waals surface area contributed by atoms with Gasteiger partial charge in [0, 0.05) is 11.8 Å². The predicted octanol–water partition coefficient (Wildman–Crippen LogP) is 2.41. The van der Waals surface area contributed by atoms with Crippen LogP contribution in [0.1, 0.15) is 23.2 Å². The van der Waals surface area contributed by atoms with E-state index in [4.69, 9.17) is 9.84 Å². The molecule has 1 fully saturated rings. The summed E-state index contributed by atoms with van der Waals surface area (Å²) in [6.45, 7) is 0.609. The summed E-state index contributed by atoms with van der Waals surface area (Å²) in [5, 5.41) is 14.9. The molecule has 1 atom stereocenters. The number of amides is 2. The molecular formula is C14H18N2O4S. The van der Waals surface area contributed by atoms with Gasteiger partial charge in [0.25, 0.3) is 0 Å². The summed E-state index contributed by atoms with van der Waals surface area (Å²) in [5.41, 5.74) is 0.437. The molecule has 6 nitrogen and oxygen atoms in total. The first-order chi connectivity index (χ1) is 10.1. The Morgan fingerprint density at radius 1 is 1.48 bits per heavy atom. The fourth-order valence-corrected chi connectivity index (χ4v) is 3.32. The number of hydrogen-bond acceptors (Lipinski definition) is 4. The van der Waals surface area contributed by atoms with Crippen LogP contribution in [0.15, 0.2) is 18.2 Å². The number of carbonyl (C=O) groups excluding carboxylic acids is 1. The Kier molecular flexibility index (Phi) is 5.32. The van der Waals surface area contributed by atoms with Crippen molar-refractivity contribution < 1.29 is 19.4 Å². The number of aromatic carboxylic acids is 1. The Balaban J connectivity index is 1.97. The van der Waals surface area contributed by atoms with Crippen LogP contribution in [-0.2, 0) is 0 Å². The van der Waals surface area contributed by atoms with Crippen molar-refractivity contribution in [3.63, 3.8) is 0 Å². The van der Waals surface area contributed by atoms with Crippen molar-refractivity contribution in [2.75, 3.05) is 24.7 Å². The van der Waals surface area contributed by atoms with Crippen molar-refractivity contribution >= 4 is 29.4 Å². The molecule has 2 amide bonds. The van der Waals surface area contributed by atoms with Crippen LogP contribution in [0.2, 0.25) is 0 Å². The zero-order chi connectivity index (χ0) is 15.2. The van der Waals surface area contributed by atoms with Crippen molar-refractivity contribution in [2.24, 2.45) is 0 Å². The second-order valence-corrected chi connectivity index (χ2v) is 6.10. The minimum atomic E-state index is -1.05. The van der Waals surface area contributed by atoms with Crippen LogP contribution in [0.4, 0.5) is 10.5 Å². The molecule has 114 valence electrons. The van der Waals surface area contributed by atoms with Crippen molar-refractivity contribution in [3.8, 4) is 5.75 Å². The number of carboxylic acids is 1. The van der Waals surface area contributed by atoms with Gasteiger partial charge in [0.15, 0.2) is 0 Å². The highest BCUT2D eigenvalue weighted by Gasteiger charge is 2.17. The number of hydrogen-bond donors (Lipinski definition) is 3. The fourth-order valence-electron chi connectivity index (χ4n) is 2.12. The van der Waals surface area contributed by atoms with E-state index in [-0.39, 0.29) is 11.6 Å². The van der Waals surface area contributed by atoms with Gasteiger partial charge in [-0.1, -0.05) is 0 Å². The first-order valence-corrected chi connectivity index (χ1v) is 7.73. The summed E-state index contributed by atoms with van der Waals surface area (Å²) in [6.07, 6.45) is 2.30. The molecule has 0 spiro atoms. The summed E-state index contributed by atoms with van der Waals surface area (Å²) in [6, 6.07) is 3.97. The van der Waals surface area contributed by atoms with E-state index in [1.165, 1.54) is 31.7 Å². The first-order valence-electron chi connectivity index (χ1n) is 6.68. The van der Waals surface area contributed by atoms with Crippen molar-refractivity contribution in [1.29, 1.82) is 0 Å². The third-order valence-corrected chi connectivity index (χ3v) is 4.61. The van der Waals surface area contributed by atoms with Crippen LogP contribution < -0.4 is 15.4 Å². The highest BCUT2D eigenvalue weighted by Crippen LogP contribution is 2.26. The van der Waals surface area contributed by atoms with Crippen molar-refractivity contribution in [3.05, 3.63) is 23.8 Å². The van der Waals surface area contributed by atoms with Crippen LogP contribution in [0.25, 0.3) is 0 Å². The Hall–Kier alpha value is -1.89. The van der Waals surface area contributed by atoms with Gasteiger partial charge in [-0.05, 0) is 36.8 Å². The number of ether oxygens (including phenoxy) is 1. The number of methoxy groups -OCH3 is 1. The average Bonchev–Trinajstić information content (AvgIpc) is 2.98. The minimum absolute atomic E-state index is 0.0949. The third-order valence-electron chi connectivity index (χ3n) is 3.21. The van der Waals surface area contributed by atoms with E-state index < -0.39 is 5.97 Å². The van der Waals surface area contributed by atoms with Gasteiger partial charge in [-0.25, -0.2) is 9.59 Å². The maximum Gasteiger partial charge on any atom is 0.335 e. The summed E-state index contributed by atoms with van der Waals surface area (Å²) in [4.78, 5) is 22.9. The highest BCUT2D eigenvalue weighted by atomic mass is 32.2. The summed E-state index contributed by atoms with van der Waals surface area (Å²) in [7, 11) is 1.47. The lowest BCUT2D eigenvalue weighted by Crippen LogP contribution is -2.33. The molecule has 1 saturated heterocycles. The van der Waals surface area contributed by atoms with Gasteiger partial charge in [-0.2, -0.15) is 11.8 Å². The molecule has 7 heteroatoms. The number of benzene rings is 1. The topological polar surface area (TPSA) is 87.7 Å². The van der Waals surface area contributed by atoms with Gasteiger partial charge in [0.2, 0.25) is 0 Å². The van der Waals surface area contributed by atoms with E-state index in [2.05, 4.69) is 10.6 Å². The molecule has 0 saturated carbocycles. The van der Waals surface area contributed by atoms with Gasteiger partial charge in [-0.15, -0.1) is 0 Å². The molecule has 1 heterocycles. The van der Waals surface area contributed by atoms with E-state index in [1.54, 1.807) is 0 Å². The maximum absolute atomic E-state index is 11.9. The molecule has 1 aliphatic rings. The second kappa shape index (κ2) is 7.21. The van der Waals surface area contributed by atoms with Crippen molar-refractivity contribution in [2.45, 2.75) is 18.1 Å². The molecule has 1 aliphatic heterocycles. The van der Waals surface area contributed by atoms with Gasteiger partial charge in [0.05, 0.1) is 18.4 Å². The summed E-state index contributed by atoms with van der Waals surface area (Å²) >= 11 is 1.86. The lowest BCUT2D eigenvalue weighted by molar-refractivity contribution is 0.0697. The Bertz CT molecular complexity index is 530. The fraction of sp³-hybridized carbons (Fsp3) is 0.429. The molecular weight excluding hydrogens is 292 g/mol. The number of thioether (sulfide) groups is 1. The SMILES string of the molecule is COc1ccc(C(=O)O)cc1NC(=O)NCC1CCCS1. The van der Waals surface area contributed by atoms with E-state index in [0.717, 1.165) is 12.2 Å². The molecule has 1 aromatic rings. The van der Waals surface area contributed by atoms with Gasteiger partial charge >= 0.3 is 12.0 Å². The minimum Gasteiger partial charge on any atom is -0.495 e. The standard InChI is InChI=1S/C14H18N2O4S/c1-20-12-5-4-9(13(17)18)7-11(12)16-14(19)15-8-10-3-2-6-21-10/h4-5,7,10H,2-3,6,8H2,1H3,(H,17,18)(H2,15,16,19). The Morgan fingerprint density at radius 2 is 2.29 bits per heavy atom. The number of rotatable bonds is 5. The van der Waals surface area contributed by atoms with Crippen LogP contribution in [-0.4, -0.2) is 41.8 Å². The predicted molar refractivity (Wildman–Crippen MR) is 82.5 cm³/mol. The quantitative estimate of drug-likeness (QED) is 0.777. The van der Waals surface area contributed by atoms with E-state index >= 15 is 0 Å². The molecule has 2 rings (SSSR count). The number of carbonyl (C=O) groups is 2. The normalized spacial score (nSPS) is 17.3. The van der Waals surface area contributed by atoms with E-state index in [1.807, 2.05) is 11.8 Å². The number of urea groups is 1. The van der Waals surface area contributed by atoms with E-state index in [9.17, 15) is 9.59 Å². The second-order valence-electron chi connectivity index (χ2n) is 4.69. The van der Waals surface area contributed by atoms with Crippen LogP contribution in [0.3, 0.4) is 0 Å². The Morgan fingerprint density at radius 3 is 2.90 bits per heavy atom. The van der Waals surface area contributed by atoms with Crippen LogP contribution in [0, 0.1) is 0 Å². The number of carboxylic acid groups (broad SMARTS) is 1. The number of nitrogens with one attached hydrogen (secondary N) is 2. The lowest BCUT2D eigenvalue weighted by Gasteiger charge is -2.13. The van der Waals surface area contributed by atoms with Gasteiger partial charge < -0.3 is 20.5 Å². The molecule has 0 aromatic heterocycles. The zero-order valence-electron chi connectivity index (χ0n) is 11.7. The lowest BCUT2D eigenvalue weighted by atomic mass is 10.2. The molecule has 0 bridgehead atoms. The van der Waals surface area contributed by atoms with Gasteiger partial charge in [0.1, 0.15) is 5.75 Å². The largest absolute Gasteiger partial charge is 0.495 e. The monoisotopic (exact) mass is 310 g/mol. The number of anilines is 1. The summed E-state index contributed by atoms with van der Waals surface area (Å²) in [5.74, 6) is 0.511. The molecule has 0 aliphatic carbocycles. The molecule has 1 unspecified atom stereocenters. The third kappa shape index (κ3) is 4.29. The van der Waals surface area contributed by atoms with Crippen molar-refractivity contribution in [1.82, 2.24) is 5.32 Å². The molecule has 0 radical (unpaired) electrons. The van der Waals surface area contributed by atoms with Crippen LogP contribution in [0.5, 0.6) is 5.75 Å². The molecule has 3 N–H and O–H groups in total. The molecule has 21 heavy (non-hydrogen) atoms. The first kappa shape index (κ1) is 15.5.